The number of rotatable bonds is 3. The van der Waals surface area contributed by atoms with Crippen molar-refractivity contribution in [2.75, 3.05) is 6.61 Å². The molecule has 2 heterocycles. The highest BCUT2D eigenvalue weighted by molar-refractivity contribution is 8.13. The van der Waals surface area contributed by atoms with E-state index in [-0.39, 0.29) is 5.03 Å². The van der Waals surface area contributed by atoms with Gasteiger partial charge in [0.2, 0.25) is 0 Å². The second kappa shape index (κ2) is 5.20. The van der Waals surface area contributed by atoms with Crippen LogP contribution in [0.4, 0.5) is 4.79 Å². The molecule has 1 aliphatic rings. The lowest BCUT2D eigenvalue weighted by molar-refractivity contribution is -0.0594. The minimum absolute atomic E-state index is 0.250. The predicted octanol–water partition coefficient (Wildman–Crippen LogP) is -1.94. The molecule has 0 bridgehead atoms. The summed E-state index contributed by atoms with van der Waals surface area (Å²) in [5.74, 6) is 0. The van der Waals surface area contributed by atoms with Crippen LogP contribution in [0.25, 0.3) is 0 Å². The number of carbonyl (C=O) groups excluding carboxylic acids is 1. The number of aromatic nitrogens is 3. The summed E-state index contributed by atoms with van der Waals surface area (Å²) in [5, 5.41) is 35.2. The fourth-order valence-corrected chi connectivity index (χ4v) is 2.08. The number of hydrogen-bond donors (Lipinski definition) is 4. The number of primary amides is 1. The van der Waals surface area contributed by atoms with Crippen molar-refractivity contribution in [2.45, 2.75) is 29.6 Å². The largest absolute Gasteiger partial charge is 0.394 e. The second-order valence-electron chi connectivity index (χ2n) is 3.69. The Morgan fingerprint density at radius 3 is 2.83 bits per heavy atom. The molecule has 0 radical (unpaired) electrons. The van der Waals surface area contributed by atoms with Gasteiger partial charge in [0.25, 0.3) is 5.24 Å². The zero-order valence-corrected chi connectivity index (χ0v) is 9.90. The highest BCUT2D eigenvalue weighted by atomic mass is 32.2. The van der Waals surface area contributed by atoms with Crippen molar-refractivity contribution in [1.29, 1.82) is 0 Å². The fraction of sp³-hybridized carbons (Fsp3) is 0.625. The van der Waals surface area contributed by atoms with Gasteiger partial charge in [0.15, 0.2) is 6.23 Å². The first-order valence-corrected chi connectivity index (χ1v) is 5.86. The Balaban J connectivity index is 2.12. The molecule has 9 nitrogen and oxygen atoms in total. The van der Waals surface area contributed by atoms with Gasteiger partial charge in [-0.3, -0.25) is 4.79 Å². The zero-order valence-electron chi connectivity index (χ0n) is 9.08. The van der Waals surface area contributed by atoms with Gasteiger partial charge >= 0.3 is 0 Å². The van der Waals surface area contributed by atoms with Crippen molar-refractivity contribution in [3.63, 3.8) is 0 Å². The molecule has 1 aromatic heterocycles. The zero-order chi connectivity index (χ0) is 13.3. The lowest BCUT2D eigenvalue weighted by Crippen LogP contribution is -2.33. The Kier molecular flexibility index (Phi) is 3.82. The van der Waals surface area contributed by atoms with E-state index in [1.165, 1.54) is 6.20 Å². The molecule has 100 valence electrons. The first-order valence-electron chi connectivity index (χ1n) is 5.04. The van der Waals surface area contributed by atoms with Crippen LogP contribution in [0.5, 0.6) is 0 Å². The van der Waals surface area contributed by atoms with E-state index in [1.54, 1.807) is 0 Å². The fourth-order valence-electron chi connectivity index (χ4n) is 1.63. The monoisotopic (exact) mass is 276 g/mol. The van der Waals surface area contributed by atoms with Crippen LogP contribution in [0, 0.1) is 0 Å². The lowest BCUT2D eigenvalue weighted by Gasteiger charge is -2.13. The summed E-state index contributed by atoms with van der Waals surface area (Å²) in [6.07, 6.45) is -2.95. The van der Waals surface area contributed by atoms with Crippen LogP contribution >= 0.6 is 11.8 Å². The molecule has 1 aliphatic heterocycles. The summed E-state index contributed by atoms with van der Waals surface area (Å²) in [7, 11) is 0. The number of nitrogens with two attached hydrogens (primary N) is 1. The topological polar surface area (TPSA) is 144 Å². The van der Waals surface area contributed by atoms with Crippen LogP contribution in [0.3, 0.4) is 0 Å². The lowest BCUT2D eigenvalue weighted by atomic mass is 10.1. The van der Waals surface area contributed by atoms with Gasteiger partial charge in [-0.2, -0.15) is 0 Å². The number of thioether (sulfide) groups is 1. The molecule has 0 aromatic carbocycles. The molecule has 10 heteroatoms. The number of nitrogens with zero attached hydrogens (tertiary/aromatic N) is 3. The van der Waals surface area contributed by atoms with E-state index in [2.05, 4.69) is 10.3 Å². The summed E-state index contributed by atoms with van der Waals surface area (Å²) in [6, 6.07) is 0. The van der Waals surface area contributed by atoms with E-state index in [9.17, 15) is 15.0 Å². The van der Waals surface area contributed by atoms with E-state index in [0.29, 0.717) is 11.8 Å². The molecule has 1 fully saturated rings. The second-order valence-corrected chi connectivity index (χ2v) is 4.71. The standard InChI is InChI=1S/C8H12N4O5S/c9-8(16)18-4-1-12(11-10-4)7-6(15)5(14)3(2-13)17-7/h1,3,5-7,13-15H,2H2,(H2,9,16)/t3-,5-,6-,7-/m1/s1. The smallest absolute Gasteiger partial charge is 0.282 e. The van der Waals surface area contributed by atoms with Crippen LogP contribution in [0.2, 0.25) is 0 Å². The third-order valence-corrected chi connectivity index (χ3v) is 3.07. The van der Waals surface area contributed by atoms with E-state index in [4.69, 9.17) is 15.6 Å². The molecular formula is C8H12N4O5S. The summed E-state index contributed by atoms with van der Waals surface area (Å²) in [4.78, 5) is 10.7. The van der Waals surface area contributed by atoms with Crippen molar-refractivity contribution < 1.29 is 24.9 Å². The molecule has 0 aliphatic carbocycles. The first kappa shape index (κ1) is 13.2. The third-order valence-electron chi connectivity index (χ3n) is 2.47. The minimum atomic E-state index is -1.24. The van der Waals surface area contributed by atoms with Gasteiger partial charge in [-0.05, 0) is 11.8 Å². The number of hydrogen-bond acceptors (Lipinski definition) is 8. The van der Waals surface area contributed by atoms with E-state index in [1.807, 2.05) is 0 Å². The van der Waals surface area contributed by atoms with Crippen LogP contribution in [-0.4, -0.2) is 60.5 Å². The van der Waals surface area contributed by atoms with Gasteiger partial charge < -0.3 is 25.8 Å². The Hall–Kier alpha value is -1.20. The Bertz CT molecular complexity index is 441. The SMILES string of the molecule is NC(=O)Sc1cn([C@@H]2O[C@H](CO)[C@@H](O)[C@H]2O)nn1. The highest BCUT2D eigenvalue weighted by Crippen LogP contribution is 2.29. The highest BCUT2D eigenvalue weighted by Gasteiger charge is 2.43. The Labute approximate surface area is 106 Å². The first-order chi connectivity index (χ1) is 8.52. The van der Waals surface area contributed by atoms with Crippen LogP contribution in [-0.2, 0) is 4.74 Å². The summed E-state index contributed by atoms with van der Waals surface area (Å²) >= 11 is 0.682. The van der Waals surface area contributed by atoms with Gasteiger partial charge in [-0.15, -0.1) is 5.10 Å². The van der Waals surface area contributed by atoms with Crippen molar-refractivity contribution in [3.8, 4) is 0 Å². The maximum absolute atomic E-state index is 10.7. The molecule has 2 rings (SSSR count). The molecular weight excluding hydrogens is 264 g/mol. The molecule has 18 heavy (non-hydrogen) atoms. The van der Waals surface area contributed by atoms with E-state index in [0.717, 1.165) is 4.68 Å². The number of aliphatic hydroxyl groups is 3. The van der Waals surface area contributed by atoms with Crippen LogP contribution < -0.4 is 5.73 Å². The minimum Gasteiger partial charge on any atom is -0.394 e. The van der Waals surface area contributed by atoms with Crippen molar-refractivity contribution >= 4 is 17.0 Å². The molecule has 0 spiro atoms. The number of amides is 1. The Morgan fingerprint density at radius 1 is 1.56 bits per heavy atom. The predicted molar refractivity (Wildman–Crippen MR) is 58.5 cm³/mol. The normalized spacial score (nSPS) is 31.7. The van der Waals surface area contributed by atoms with Gasteiger partial charge in [-0.25, -0.2) is 4.68 Å². The van der Waals surface area contributed by atoms with Crippen molar-refractivity contribution in [3.05, 3.63) is 6.20 Å². The molecule has 1 amide bonds. The number of carbonyl (C=O) groups is 1. The van der Waals surface area contributed by atoms with E-state index >= 15 is 0 Å². The third kappa shape index (κ3) is 2.47. The van der Waals surface area contributed by atoms with Crippen LogP contribution in [0.15, 0.2) is 11.2 Å². The molecule has 1 aromatic rings. The van der Waals surface area contributed by atoms with Gasteiger partial charge in [0, 0.05) is 0 Å². The van der Waals surface area contributed by atoms with Crippen molar-refractivity contribution in [2.24, 2.45) is 5.73 Å². The van der Waals surface area contributed by atoms with Gasteiger partial charge in [0.05, 0.1) is 12.8 Å². The molecule has 5 N–H and O–H groups in total. The van der Waals surface area contributed by atoms with Gasteiger partial charge in [-0.1, -0.05) is 5.21 Å². The Morgan fingerprint density at radius 2 is 2.28 bits per heavy atom. The number of aliphatic hydroxyl groups excluding tert-OH is 3. The maximum Gasteiger partial charge on any atom is 0.282 e. The molecule has 1 saturated heterocycles. The summed E-state index contributed by atoms with van der Waals surface area (Å²) in [6.45, 7) is -0.424. The van der Waals surface area contributed by atoms with E-state index < -0.39 is 36.4 Å². The quantitative estimate of drug-likeness (QED) is 0.467. The summed E-state index contributed by atoms with van der Waals surface area (Å²) in [5.41, 5.74) is 4.97. The molecule has 0 saturated carbocycles. The molecule has 4 atom stereocenters. The van der Waals surface area contributed by atoms with Crippen LogP contribution in [0.1, 0.15) is 6.23 Å². The van der Waals surface area contributed by atoms with Crippen molar-refractivity contribution in [1.82, 2.24) is 15.0 Å². The maximum atomic E-state index is 10.7. The molecule has 0 unspecified atom stereocenters. The van der Waals surface area contributed by atoms with Gasteiger partial charge in [0.1, 0.15) is 23.3 Å². The average Bonchev–Trinajstić information content (AvgIpc) is 2.86. The average molecular weight is 276 g/mol. The summed E-state index contributed by atoms with van der Waals surface area (Å²) < 4.78 is 6.39. The number of ether oxygens (including phenoxy) is 1.